The third-order valence-electron chi connectivity index (χ3n) is 3.28. The molecule has 0 spiro atoms. The summed E-state index contributed by atoms with van der Waals surface area (Å²) >= 11 is 1.49. The second-order valence-corrected chi connectivity index (χ2v) is 6.30. The first kappa shape index (κ1) is 18.3. The Balaban J connectivity index is 1.92. The number of hydrogen-bond acceptors (Lipinski definition) is 4. The predicted molar refractivity (Wildman–Crippen MR) is 84.9 cm³/mol. The van der Waals surface area contributed by atoms with E-state index in [1.807, 2.05) is 19.2 Å². The van der Waals surface area contributed by atoms with E-state index in [-0.39, 0.29) is 30.5 Å². The van der Waals surface area contributed by atoms with Crippen molar-refractivity contribution < 1.29 is 22.7 Å². The van der Waals surface area contributed by atoms with Crippen LogP contribution in [0.4, 0.5) is 13.2 Å². The molecule has 0 aliphatic heterocycles. The first-order chi connectivity index (χ1) is 11.2. The standard InChI is InChI=1S/C16H17F3N2O2S/c1-10(13-9-24-11(2)21-13)20-15(22)8-7-12-5-3-4-6-14(12)23-16(17,18)19/h3-6,9-10H,7-8H2,1-2H3,(H,20,22). The van der Waals surface area contributed by atoms with Gasteiger partial charge in [0.25, 0.3) is 0 Å². The minimum Gasteiger partial charge on any atom is -0.406 e. The number of alkyl halides is 3. The molecule has 0 fully saturated rings. The maximum absolute atomic E-state index is 12.4. The van der Waals surface area contributed by atoms with Gasteiger partial charge in [0.2, 0.25) is 5.91 Å². The molecule has 0 bridgehead atoms. The molecule has 8 heteroatoms. The summed E-state index contributed by atoms with van der Waals surface area (Å²) in [5.74, 6) is -0.532. The minimum absolute atomic E-state index is 0.0612. The van der Waals surface area contributed by atoms with Crippen molar-refractivity contribution in [1.82, 2.24) is 10.3 Å². The van der Waals surface area contributed by atoms with Gasteiger partial charge in [0.05, 0.1) is 16.7 Å². The van der Waals surface area contributed by atoms with Gasteiger partial charge in [-0.25, -0.2) is 4.98 Å². The van der Waals surface area contributed by atoms with Crippen LogP contribution in [0, 0.1) is 6.92 Å². The number of halogens is 3. The Morgan fingerprint density at radius 2 is 2.08 bits per heavy atom. The third-order valence-corrected chi connectivity index (χ3v) is 4.07. The highest BCUT2D eigenvalue weighted by molar-refractivity contribution is 7.09. The molecule has 2 rings (SSSR count). The number of hydrogen-bond donors (Lipinski definition) is 1. The number of carbonyl (C=O) groups excluding carboxylic acids is 1. The zero-order valence-corrected chi connectivity index (χ0v) is 14.0. The van der Waals surface area contributed by atoms with Crippen LogP contribution < -0.4 is 10.1 Å². The van der Waals surface area contributed by atoms with Crippen molar-refractivity contribution in [3.63, 3.8) is 0 Å². The Kier molecular flexibility index (Phi) is 5.82. The molecule has 130 valence electrons. The lowest BCUT2D eigenvalue weighted by molar-refractivity contribution is -0.274. The Morgan fingerprint density at radius 1 is 1.38 bits per heavy atom. The lowest BCUT2D eigenvalue weighted by atomic mass is 10.1. The fraction of sp³-hybridized carbons (Fsp3) is 0.375. The summed E-state index contributed by atoms with van der Waals surface area (Å²) in [7, 11) is 0. The normalized spacial score (nSPS) is 12.7. The number of amides is 1. The van der Waals surface area contributed by atoms with E-state index in [2.05, 4.69) is 15.0 Å². The fourth-order valence-corrected chi connectivity index (χ4v) is 2.86. The molecule has 0 saturated carbocycles. The van der Waals surface area contributed by atoms with Gasteiger partial charge < -0.3 is 10.1 Å². The highest BCUT2D eigenvalue weighted by Crippen LogP contribution is 2.27. The minimum atomic E-state index is -4.75. The number of aryl methyl sites for hydroxylation is 2. The zero-order valence-electron chi connectivity index (χ0n) is 13.2. The lowest BCUT2D eigenvalue weighted by Crippen LogP contribution is -2.27. The molecule has 2 aromatic rings. The number of aromatic nitrogens is 1. The smallest absolute Gasteiger partial charge is 0.406 e. The Labute approximate surface area is 141 Å². The third kappa shape index (κ3) is 5.52. The molecule has 24 heavy (non-hydrogen) atoms. The molecule has 0 aliphatic rings. The van der Waals surface area contributed by atoms with Crippen molar-refractivity contribution >= 4 is 17.2 Å². The predicted octanol–water partition coefficient (Wildman–Crippen LogP) is 4.16. The number of nitrogens with one attached hydrogen (secondary N) is 1. The highest BCUT2D eigenvalue weighted by atomic mass is 32.1. The number of nitrogens with zero attached hydrogens (tertiary/aromatic N) is 1. The van der Waals surface area contributed by atoms with Crippen LogP contribution >= 0.6 is 11.3 Å². The number of ether oxygens (including phenoxy) is 1. The van der Waals surface area contributed by atoms with Crippen molar-refractivity contribution in [2.45, 2.75) is 39.1 Å². The van der Waals surface area contributed by atoms with Crippen LogP contribution in [0.3, 0.4) is 0 Å². The van der Waals surface area contributed by atoms with E-state index in [0.29, 0.717) is 5.56 Å². The zero-order chi connectivity index (χ0) is 17.7. The van der Waals surface area contributed by atoms with Crippen molar-refractivity contribution in [3.05, 3.63) is 45.9 Å². The van der Waals surface area contributed by atoms with Crippen LogP contribution in [0.2, 0.25) is 0 Å². The monoisotopic (exact) mass is 358 g/mol. The Hall–Kier alpha value is -2.09. The average Bonchev–Trinajstić information content (AvgIpc) is 2.91. The first-order valence-corrected chi connectivity index (χ1v) is 8.17. The molecule has 0 aliphatic carbocycles. The van der Waals surface area contributed by atoms with Crippen LogP contribution in [0.5, 0.6) is 5.75 Å². The largest absolute Gasteiger partial charge is 0.573 e. The summed E-state index contributed by atoms with van der Waals surface area (Å²) in [5.41, 5.74) is 1.11. The summed E-state index contributed by atoms with van der Waals surface area (Å²) in [6, 6.07) is 5.57. The average molecular weight is 358 g/mol. The van der Waals surface area contributed by atoms with Crippen molar-refractivity contribution in [3.8, 4) is 5.75 Å². The number of para-hydroxylation sites is 1. The molecular formula is C16H17F3N2O2S. The molecule has 1 aromatic heterocycles. The first-order valence-electron chi connectivity index (χ1n) is 7.29. The van der Waals surface area contributed by atoms with Gasteiger partial charge >= 0.3 is 6.36 Å². The van der Waals surface area contributed by atoms with Crippen LogP contribution in [0.1, 0.15) is 35.7 Å². The van der Waals surface area contributed by atoms with Gasteiger partial charge in [-0.15, -0.1) is 24.5 Å². The van der Waals surface area contributed by atoms with Gasteiger partial charge in [-0.2, -0.15) is 0 Å². The summed E-state index contributed by atoms with van der Waals surface area (Å²) in [6.07, 6.45) is -4.54. The van der Waals surface area contributed by atoms with Crippen LogP contribution in [0.25, 0.3) is 0 Å². The van der Waals surface area contributed by atoms with Gasteiger partial charge in [-0.05, 0) is 31.9 Å². The van der Waals surface area contributed by atoms with Gasteiger partial charge in [0.15, 0.2) is 0 Å². The summed E-state index contributed by atoms with van der Waals surface area (Å²) < 4.78 is 41.1. The second-order valence-electron chi connectivity index (χ2n) is 5.24. The van der Waals surface area contributed by atoms with Gasteiger partial charge in [-0.1, -0.05) is 18.2 Å². The second kappa shape index (κ2) is 7.65. The van der Waals surface area contributed by atoms with Crippen LogP contribution in [-0.2, 0) is 11.2 Å². The summed E-state index contributed by atoms with van der Waals surface area (Å²) in [6.45, 7) is 3.69. The van der Waals surface area contributed by atoms with E-state index in [0.717, 1.165) is 10.7 Å². The maximum Gasteiger partial charge on any atom is 0.573 e. The quantitative estimate of drug-likeness (QED) is 0.844. The Morgan fingerprint density at radius 3 is 2.71 bits per heavy atom. The highest BCUT2D eigenvalue weighted by Gasteiger charge is 2.32. The molecule has 1 heterocycles. The molecule has 0 radical (unpaired) electrons. The van der Waals surface area contributed by atoms with Crippen molar-refractivity contribution in [1.29, 1.82) is 0 Å². The Bertz CT molecular complexity index is 701. The molecule has 0 saturated heterocycles. The SMILES string of the molecule is Cc1nc(C(C)NC(=O)CCc2ccccc2OC(F)(F)F)cs1. The number of carbonyl (C=O) groups is 1. The van der Waals surface area contributed by atoms with Crippen LogP contribution in [0.15, 0.2) is 29.6 Å². The molecule has 1 amide bonds. The van der Waals surface area contributed by atoms with Crippen molar-refractivity contribution in [2.24, 2.45) is 0 Å². The van der Waals surface area contributed by atoms with Gasteiger partial charge in [0, 0.05) is 11.8 Å². The molecule has 1 N–H and O–H groups in total. The van der Waals surface area contributed by atoms with Gasteiger partial charge in [0.1, 0.15) is 5.75 Å². The number of thiazole rings is 1. The van der Waals surface area contributed by atoms with E-state index in [4.69, 9.17) is 0 Å². The maximum atomic E-state index is 12.4. The number of rotatable bonds is 6. The number of benzene rings is 1. The van der Waals surface area contributed by atoms with E-state index in [1.165, 1.54) is 29.5 Å². The fourth-order valence-electron chi connectivity index (χ4n) is 2.15. The van der Waals surface area contributed by atoms with E-state index in [1.54, 1.807) is 6.07 Å². The van der Waals surface area contributed by atoms with E-state index in [9.17, 15) is 18.0 Å². The molecule has 4 nitrogen and oxygen atoms in total. The summed E-state index contributed by atoms with van der Waals surface area (Å²) in [4.78, 5) is 16.3. The molecule has 1 aromatic carbocycles. The molecule has 1 atom stereocenters. The lowest BCUT2D eigenvalue weighted by Gasteiger charge is -2.14. The van der Waals surface area contributed by atoms with Crippen LogP contribution in [-0.4, -0.2) is 17.3 Å². The topological polar surface area (TPSA) is 51.2 Å². The van der Waals surface area contributed by atoms with Crippen molar-refractivity contribution in [2.75, 3.05) is 0 Å². The summed E-state index contributed by atoms with van der Waals surface area (Å²) in [5, 5.41) is 5.56. The van der Waals surface area contributed by atoms with Gasteiger partial charge in [-0.3, -0.25) is 4.79 Å². The molecular weight excluding hydrogens is 341 g/mol. The van der Waals surface area contributed by atoms with E-state index < -0.39 is 6.36 Å². The van der Waals surface area contributed by atoms with E-state index >= 15 is 0 Å². The molecule has 1 unspecified atom stereocenters.